The van der Waals surface area contributed by atoms with Gasteiger partial charge in [0.2, 0.25) is 0 Å². The van der Waals surface area contributed by atoms with Gasteiger partial charge in [-0.2, -0.15) is 0 Å². The number of aromatic nitrogens is 1. The molecule has 0 N–H and O–H groups in total. The van der Waals surface area contributed by atoms with E-state index >= 15 is 0 Å². The Labute approximate surface area is 81.2 Å². The van der Waals surface area contributed by atoms with E-state index in [0.29, 0.717) is 0 Å². The van der Waals surface area contributed by atoms with Gasteiger partial charge in [0.1, 0.15) is 0 Å². The maximum Gasteiger partial charge on any atom is 0.0270 e. The largest absolute Gasteiger partial charge is 0.265 e. The van der Waals surface area contributed by atoms with Crippen LogP contribution in [0.1, 0.15) is 44.6 Å². The molecule has 0 saturated heterocycles. The quantitative estimate of drug-likeness (QED) is 0.605. The molecule has 0 bridgehead atoms. The molecule has 1 nitrogen and oxygen atoms in total. The third kappa shape index (κ3) is 4.66. The molecule has 1 heterocycles. The van der Waals surface area contributed by atoms with Crippen molar-refractivity contribution in [2.75, 3.05) is 0 Å². The highest BCUT2D eigenvalue weighted by Gasteiger charge is 1.91. The fourth-order valence-electron chi connectivity index (χ4n) is 1.48. The Kier molecular flexibility index (Phi) is 5.23. The molecule has 0 aliphatic carbocycles. The minimum Gasteiger partial charge on any atom is -0.265 e. The first-order valence-electron chi connectivity index (χ1n) is 5.32. The number of nitrogens with zero attached hydrogens (tertiary/aromatic N) is 1. The van der Waals surface area contributed by atoms with E-state index in [4.69, 9.17) is 0 Å². The Bertz CT molecular complexity index is 206. The molecule has 0 aromatic carbocycles. The number of unbranched alkanes of at least 4 members (excludes halogenated alkanes) is 4. The molecule has 1 aromatic rings. The molecule has 0 atom stereocenters. The van der Waals surface area contributed by atoms with Crippen molar-refractivity contribution in [3.63, 3.8) is 0 Å². The zero-order valence-electron chi connectivity index (χ0n) is 8.50. The molecule has 13 heavy (non-hydrogen) atoms. The van der Waals surface area contributed by atoms with Gasteiger partial charge in [0.25, 0.3) is 0 Å². The highest BCUT2D eigenvalue weighted by Crippen LogP contribution is 2.07. The maximum absolute atomic E-state index is 4.00. The molecule has 0 radical (unpaired) electrons. The Morgan fingerprint density at radius 3 is 2.38 bits per heavy atom. The third-order valence-corrected chi connectivity index (χ3v) is 2.32. The minimum absolute atomic E-state index is 1.21. The van der Waals surface area contributed by atoms with E-state index < -0.39 is 0 Å². The van der Waals surface area contributed by atoms with E-state index in [1.54, 1.807) is 0 Å². The smallest absolute Gasteiger partial charge is 0.0270 e. The van der Waals surface area contributed by atoms with Gasteiger partial charge in [0.05, 0.1) is 0 Å². The molecule has 0 unspecified atom stereocenters. The summed E-state index contributed by atoms with van der Waals surface area (Å²) in [6, 6.07) is 4.22. The van der Waals surface area contributed by atoms with E-state index in [2.05, 4.69) is 24.0 Å². The predicted octanol–water partition coefficient (Wildman–Crippen LogP) is 3.59. The molecule has 0 saturated carbocycles. The molecule has 0 aliphatic heterocycles. The molecular weight excluding hydrogens is 158 g/mol. The van der Waals surface area contributed by atoms with Crippen molar-refractivity contribution in [2.24, 2.45) is 0 Å². The predicted molar refractivity (Wildman–Crippen MR) is 56.7 cm³/mol. The minimum atomic E-state index is 1.21. The van der Waals surface area contributed by atoms with Gasteiger partial charge in [-0.15, -0.1) is 0 Å². The summed E-state index contributed by atoms with van der Waals surface area (Å²) < 4.78 is 0. The Morgan fingerprint density at radius 2 is 1.69 bits per heavy atom. The van der Waals surface area contributed by atoms with Crippen molar-refractivity contribution in [1.82, 2.24) is 4.98 Å². The topological polar surface area (TPSA) is 12.9 Å². The molecule has 0 spiro atoms. The first-order valence-corrected chi connectivity index (χ1v) is 5.32. The highest BCUT2D eigenvalue weighted by molar-refractivity contribution is 5.09. The van der Waals surface area contributed by atoms with Gasteiger partial charge in [0.15, 0.2) is 0 Å². The Balaban J connectivity index is 2.07. The highest BCUT2D eigenvalue weighted by atomic mass is 14.6. The van der Waals surface area contributed by atoms with Gasteiger partial charge in [0, 0.05) is 12.4 Å². The average Bonchev–Trinajstić information content (AvgIpc) is 2.19. The fourth-order valence-corrected chi connectivity index (χ4v) is 1.48. The molecule has 72 valence electrons. The standard InChI is InChI=1S/C12H19N/c1-2-3-4-5-6-7-12-8-10-13-11-9-12/h8-11H,2-7H2,1H3. The second-order valence-electron chi connectivity index (χ2n) is 3.52. The number of pyridine rings is 1. The van der Waals surface area contributed by atoms with E-state index in [1.165, 1.54) is 44.1 Å². The van der Waals surface area contributed by atoms with Crippen molar-refractivity contribution in [3.8, 4) is 0 Å². The second kappa shape index (κ2) is 6.64. The molecule has 1 rings (SSSR count). The van der Waals surface area contributed by atoms with Gasteiger partial charge in [-0.3, -0.25) is 4.98 Å². The van der Waals surface area contributed by atoms with Gasteiger partial charge < -0.3 is 0 Å². The van der Waals surface area contributed by atoms with Crippen molar-refractivity contribution >= 4 is 0 Å². The van der Waals surface area contributed by atoms with E-state index in [-0.39, 0.29) is 0 Å². The van der Waals surface area contributed by atoms with Gasteiger partial charge >= 0.3 is 0 Å². The van der Waals surface area contributed by atoms with Crippen LogP contribution in [0.2, 0.25) is 0 Å². The molecule has 0 fully saturated rings. The lowest BCUT2D eigenvalue weighted by molar-refractivity contribution is 0.632. The Morgan fingerprint density at radius 1 is 1.00 bits per heavy atom. The summed E-state index contributed by atoms with van der Waals surface area (Å²) in [6.45, 7) is 2.25. The van der Waals surface area contributed by atoms with Crippen LogP contribution in [0.25, 0.3) is 0 Å². The van der Waals surface area contributed by atoms with E-state index in [1.807, 2.05) is 12.4 Å². The molecule has 0 aliphatic rings. The summed E-state index contributed by atoms with van der Waals surface area (Å²) >= 11 is 0. The van der Waals surface area contributed by atoms with Gasteiger partial charge in [-0.1, -0.05) is 32.6 Å². The molecule has 0 amide bonds. The lowest BCUT2D eigenvalue weighted by Gasteiger charge is -2.00. The zero-order valence-corrected chi connectivity index (χ0v) is 8.50. The van der Waals surface area contributed by atoms with E-state index in [0.717, 1.165) is 0 Å². The SMILES string of the molecule is CCCCCCCc1ccncc1. The van der Waals surface area contributed by atoms with Crippen molar-refractivity contribution in [1.29, 1.82) is 0 Å². The lowest BCUT2D eigenvalue weighted by Crippen LogP contribution is -1.85. The summed E-state index contributed by atoms with van der Waals surface area (Å²) in [5, 5.41) is 0. The molecule has 1 aromatic heterocycles. The average molecular weight is 177 g/mol. The van der Waals surface area contributed by atoms with Crippen molar-refractivity contribution in [3.05, 3.63) is 30.1 Å². The van der Waals surface area contributed by atoms with Crippen LogP contribution in [0, 0.1) is 0 Å². The number of rotatable bonds is 6. The van der Waals surface area contributed by atoms with Crippen LogP contribution in [0.5, 0.6) is 0 Å². The lowest BCUT2D eigenvalue weighted by atomic mass is 10.1. The van der Waals surface area contributed by atoms with Crippen LogP contribution in [0.15, 0.2) is 24.5 Å². The maximum atomic E-state index is 4.00. The van der Waals surface area contributed by atoms with Crippen LogP contribution in [-0.2, 0) is 6.42 Å². The first kappa shape index (κ1) is 10.2. The summed E-state index contributed by atoms with van der Waals surface area (Å²) in [5.74, 6) is 0. The van der Waals surface area contributed by atoms with Crippen LogP contribution < -0.4 is 0 Å². The molecular formula is C12H19N. The van der Waals surface area contributed by atoms with E-state index in [9.17, 15) is 0 Å². The third-order valence-electron chi connectivity index (χ3n) is 2.32. The monoisotopic (exact) mass is 177 g/mol. The van der Waals surface area contributed by atoms with Crippen LogP contribution >= 0.6 is 0 Å². The van der Waals surface area contributed by atoms with Gasteiger partial charge in [-0.25, -0.2) is 0 Å². The van der Waals surface area contributed by atoms with Gasteiger partial charge in [-0.05, 0) is 30.5 Å². The molecule has 1 heteroatoms. The fraction of sp³-hybridized carbons (Fsp3) is 0.583. The second-order valence-corrected chi connectivity index (χ2v) is 3.52. The summed E-state index contributed by atoms with van der Waals surface area (Å²) in [4.78, 5) is 4.00. The first-order chi connectivity index (χ1) is 6.43. The summed E-state index contributed by atoms with van der Waals surface area (Å²) in [6.07, 6.45) is 11.8. The van der Waals surface area contributed by atoms with Crippen molar-refractivity contribution in [2.45, 2.75) is 45.4 Å². The Hall–Kier alpha value is -0.850. The van der Waals surface area contributed by atoms with Crippen molar-refractivity contribution < 1.29 is 0 Å². The van der Waals surface area contributed by atoms with Crippen LogP contribution in [0.3, 0.4) is 0 Å². The summed E-state index contributed by atoms with van der Waals surface area (Å²) in [7, 11) is 0. The van der Waals surface area contributed by atoms with Crippen LogP contribution in [-0.4, -0.2) is 4.98 Å². The summed E-state index contributed by atoms with van der Waals surface area (Å²) in [5.41, 5.74) is 1.42. The number of hydrogen-bond donors (Lipinski definition) is 0. The van der Waals surface area contributed by atoms with Crippen LogP contribution in [0.4, 0.5) is 0 Å². The number of hydrogen-bond acceptors (Lipinski definition) is 1. The normalized spacial score (nSPS) is 10.2. The zero-order chi connectivity index (χ0) is 9.36. The number of aryl methyl sites for hydroxylation is 1.